The Morgan fingerprint density at radius 2 is 1.93 bits per heavy atom. The molecule has 0 saturated carbocycles. The molecule has 29 heavy (non-hydrogen) atoms. The lowest BCUT2D eigenvalue weighted by Gasteiger charge is -2.14. The minimum absolute atomic E-state index is 0.109. The number of carbonyl (C=O) groups excluding carboxylic acids is 1. The molecule has 1 heterocycles. The second-order valence-electron chi connectivity index (χ2n) is 6.49. The highest BCUT2D eigenvalue weighted by molar-refractivity contribution is 5.76. The zero-order valence-electron chi connectivity index (χ0n) is 16.4. The van der Waals surface area contributed by atoms with E-state index in [4.69, 9.17) is 14.5 Å². The smallest absolute Gasteiger partial charge is 0.227 e. The molecule has 0 aliphatic rings. The highest BCUT2D eigenvalue weighted by Gasteiger charge is 2.13. The van der Waals surface area contributed by atoms with Crippen molar-refractivity contribution in [3.05, 3.63) is 65.5 Å². The molecular weight excluding hydrogens is 368 g/mol. The van der Waals surface area contributed by atoms with E-state index in [9.17, 15) is 4.79 Å². The number of carbonyl (C=O) groups is 1. The average molecular weight is 390 g/mol. The number of aryl methyl sites for hydroxylation is 1. The molecule has 0 aliphatic carbocycles. The van der Waals surface area contributed by atoms with Crippen LogP contribution in [0, 0.1) is 11.3 Å². The van der Waals surface area contributed by atoms with Gasteiger partial charge < -0.3 is 14.6 Å². The van der Waals surface area contributed by atoms with Gasteiger partial charge in [0.05, 0.1) is 24.3 Å². The normalized spacial score (nSPS) is 11.5. The molecule has 1 aromatic heterocycles. The van der Waals surface area contributed by atoms with Crippen molar-refractivity contribution in [3.63, 3.8) is 0 Å². The van der Waals surface area contributed by atoms with Crippen LogP contribution in [0.3, 0.4) is 0 Å². The fourth-order valence-electron chi connectivity index (χ4n) is 2.80. The molecule has 2 aromatic carbocycles. The van der Waals surface area contributed by atoms with Crippen LogP contribution in [0.4, 0.5) is 0 Å². The van der Waals surface area contributed by atoms with Crippen molar-refractivity contribution in [1.29, 1.82) is 5.26 Å². The van der Waals surface area contributed by atoms with Crippen LogP contribution >= 0.6 is 0 Å². The molecule has 148 valence electrons. The van der Waals surface area contributed by atoms with Gasteiger partial charge in [-0.05, 0) is 55.8 Å². The van der Waals surface area contributed by atoms with Gasteiger partial charge in [0.1, 0.15) is 5.75 Å². The number of benzene rings is 2. The standard InChI is InChI=1S/C22H22N4O3/c1-3-28-19-10-8-18(9-11-19)22-25-21(29-26-22)13-12-20(27)24-15(2)17-6-4-16(14-23)5-7-17/h4-11,15H,3,12-13H2,1-2H3,(H,24,27). The third-order valence-corrected chi connectivity index (χ3v) is 4.37. The molecule has 0 aliphatic heterocycles. The predicted molar refractivity (Wildman–Crippen MR) is 107 cm³/mol. The van der Waals surface area contributed by atoms with Crippen LogP contribution in [0.5, 0.6) is 5.75 Å². The Balaban J connectivity index is 1.52. The first-order valence-corrected chi connectivity index (χ1v) is 9.44. The molecule has 1 amide bonds. The highest BCUT2D eigenvalue weighted by Crippen LogP contribution is 2.20. The van der Waals surface area contributed by atoms with Gasteiger partial charge in [0.25, 0.3) is 0 Å². The fourth-order valence-corrected chi connectivity index (χ4v) is 2.80. The maximum atomic E-state index is 12.2. The monoisotopic (exact) mass is 390 g/mol. The second-order valence-corrected chi connectivity index (χ2v) is 6.49. The molecule has 7 nitrogen and oxygen atoms in total. The number of aromatic nitrogens is 2. The number of nitriles is 1. The molecule has 0 bridgehead atoms. The van der Waals surface area contributed by atoms with Gasteiger partial charge in [-0.2, -0.15) is 10.2 Å². The van der Waals surface area contributed by atoms with Gasteiger partial charge in [-0.15, -0.1) is 0 Å². The summed E-state index contributed by atoms with van der Waals surface area (Å²) in [4.78, 5) is 16.6. The summed E-state index contributed by atoms with van der Waals surface area (Å²) < 4.78 is 10.7. The van der Waals surface area contributed by atoms with E-state index >= 15 is 0 Å². The van der Waals surface area contributed by atoms with Crippen molar-refractivity contribution in [3.8, 4) is 23.2 Å². The number of amides is 1. The summed E-state index contributed by atoms with van der Waals surface area (Å²) in [5.74, 6) is 1.57. The largest absolute Gasteiger partial charge is 0.494 e. The zero-order chi connectivity index (χ0) is 20.6. The number of hydrogen-bond acceptors (Lipinski definition) is 6. The Morgan fingerprint density at radius 1 is 1.21 bits per heavy atom. The first kappa shape index (κ1) is 20.1. The third-order valence-electron chi connectivity index (χ3n) is 4.37. The maximum Gasteiger partial charge on any atom is 0.227 e. The third kappa shape index (κ3) is 5.42. The van der Waals surface area contributed by atoms with E-state index in [1.54, 1.807) is 12.1 Å². The van der Waals surface area contributed by atoms with Crippen LogP contribution < -0.4 is 10.1 Å². The molecule has 1 N–H and O–H groups in total. The van der Waals surface area contributed by atoms with E-state index in [2.05, 4.69) is 21.5 Å². The van der Waals surface area contributed by atoms with Gasteiger partial charge in [-0.1, -0.05) is 17.3 Å². The lowest BCUT2D eigenvalue weighted by Crippen LogP contribution is -2.26. The number of ether oxygens (including phenoxy) is 1. The highest BCUT2D eigenvalue weighted by atomic mass is 16.5. The number of nitrogens with one attached hydrogen (secondary N) is 1. The van der Waals surface area contributed by atoms with Crippen LogP contribution in [0.1, 0.15) is 43.3 Å². The van der Waals surface area contributed by atoms with Crippen molar-refractivity contribution in [2.24, 2.45) is 0 Å². The van der Waals surface area contributed by atoms with Gasteiger partial charge in [0.15, 0.2) is 0 Å². The summed E-state index contributed by atoms with van der Waals surface area (Å²) in [6.45, 7) is 4.44. The van der Waals surface area contributed by atoms with Crippen molar-refractivity contribution >= 4 is 5.91 Å². The first-order chi connectivity index (χ1) is 14.1. The summed E-state index contributed by atoms with van der Waals surface area (Å²) in [7, 11) is 0. The van der Waals surface area contributed by atoms with Crippen molar-refractivity contribution in [1.82, 2.24) is 15.5 Å². The van der Waals surface area contributed by atoms with Gasteiger partial charge in [0, 0.05) is 18.4 Å². The van der Waals surface area contributed by atoms with E-state index in [-0.39, 0.29) is 18.4 Å². The summed E-state index contributed by atoms with van der Waals surface area (Å²) in [6, 6.07) is 16.5. The van der Waals surface area contributed by atoms with E-state index in [1.807, 2.05) is 50.2 Å². The minimum Gasteiger partial charge on any atom is -0.494 e. The van der Waals surface area contributed by atoms with Crippen LogP contribution in [0.15, 0.2) is 53.1 Å². The maximum absolute atomic E-state index is 12.2. The molecule has 3 aromatic rings. The van der Waals surface area contributed by atoms with Crippen LogP contribution in [0.2, 0.25) is 0 Å². The predicted octanol–water partition coefficient (Wildman–Crippen LogP) is 3.82. The summed E-state index contributed by atoms with van der Waals surface area (Å²) in [5, 5.41) is 15.8. The van der Waals surface area contributed by atoms with E-state index in [1.165, 1.54) is 0 Å². The van der Waals surface area contributed by atoms with Gasteiger partial charge >= 0.3 is 0 Å². The molecule has 3 rings (SSSR count). The number of hydrogen-bond donors (Lipinski definition) is 1. The number of nitrogens with zero attached hydrogens (tertiary/aromatic N) is 3. The Morgan fingerprint density at radius 3 is 2.59 bits per heavy atom. The molecule has 0 spiro atoms. The van der Waals surface area contributed by atoms with E-state index in [0.29, 0.717) is 30.3 Å². The lowest BCUT2D eigenvalue weighted by atomic mass is 10.1. The molecule has 1 unspecified atom stereocenters. The Labute approximate surface area is 169 Å². The molecule has 0 fully saturated rings. The summed E-state index contributed by atoms with van der Waals surface area (Å²) >= 11 is 0. The molecular formula is C22H22N4O3. The SMILES string of the molecule is CCOc1ccc(-c2noc(CCC(=O)NC(C)c3ccc(C#N)cc3)n2)cc1. The fraction of sp³-hybridized carbons (Fsp3) is 0.273. The lowest BCUT2D eigenvalue weighted by molar-refractivity contribution is -0.121. The summed E-state index contributed by atoms with van der Waals surface area (Å²) in [6.07, 6.45) is 0.599. The quantitative estimate of drug-likeness (QED) is 0.627. The Bertz CT molecular complexity index is 988. The molecule has 7 heteroatoms. The second kappa shape index (κ2) is 9.51. The van der Waals surface area contributed by atoms with Gasteiger partial charge in [-0.25, -0.2) is 0 Å². The topological polar surface area (TPSA) is 101 Å². The van der Waals surface area contributed by atoms with Crippen molar-refractivity contribution in [2.45, 2.75) is 32.7 Å². The van der Waals surface area contributed by atoms with Crippen LogP contribution in [-0.2, 0) is 11.2 Å². The minimum atomic E-state index is -0.155. The van der Waals surface area contributed by atoms with Gasteiger partial charge in [0.2, 0.25) is 17.6 Å². The first-order valence-electron chi connectivity index (χ1n) is 9.44. The average Bonchev–Trinajstić information content (AvgIpc) is 3.22. The number of rotatable bonds is 8. The van der Waals surface area contributed by atoms with Crippen molar-refractivity contribution in [2.75, 3.05) is 6.61 Å². The van der Waals surface area contributed by atoms with E-state index in [0.717, 1.165) is 16.9 Å². The van der Waals surface area contributed by atoms with Crippen LogP contribution in [0.25, 0.3) is 11.4 Å². The van der Waals surface area contributed by atoms with Crippen molar-refractivity contribution < 1.29 is 14.1 Å². The zero-order valence-corrected chi connectivity index (χ0v) is 16.4. The summed E-state index contributed by atoms with van der Waals surface area (Å²) in [5.41, 5.74) is 2.35. The van der Waals surface area contributed by atoms with Gasteiger partial charge in [-0.3, -0.25) is 4.79 Å². The van der Waals surface area contributed by atoms with Crippen LogP contribution in [-0.4, -0.2) is 22.7 Å². The molecule has 0 radical (unpaired) electrons. The Hall–Kier alpha value is -3.66. The van der Waals surface area contributed by atoms with E-state index < -0.39 is 0 Å². The Kier molecular flexibility index (Phi) is 6.59. The molecule has 0 saturated heterocycles. The molecule has 1 atom stereocenters.